The van der Waals surface area contributed by atoms with E-state index in [0.29, 0.717) is 49.0 Å². The first-order valence-corrected chi connectivity index (χ1v) is 17.0. The highest BCUT2D eigenvalue weighted by Gasteiger charge is 2.06. The van der Waals surface area contributed by atoms with Crippen molar-refractivity contribution in [3.05, 3.63) is 102 Å². The summed E-state index contributed by atoms with van der Waals surface area (Å²) in [5, 5.41) is 39.0. The number of aromatic hydroxyl groups is 3. The van der Waals surface area contributed by atoms with Crippen LogP contribution in [0.5, 0.6) is 23.0 Å². The SMILES string of the molecule is CC(CS)C(=O)O.COc1cc(CNC(=O)CCCC/C=C/C(C)C)ccc1O.O=C(/C=C/c1ccc(O)c(O)c1)OCCc1ccccc1. The molecule has 0 aliphatic rings. The van der Waals surface area contributed by atoms with Crippen LogP contribution < -0.4 is 10.1 Å². The number of aliphatic carboxylic acids is 1. The van der Waals surface area contributed by atoms with Gasteiger partial charge in [-0.2, -0.15) is 12.6 Å². The molecule has 0 bridgehead atoms. The Balaban J connectivity index is 0.000000421. The number of unbranched alkanes of at least 4 members (excludes halogenated alkanes) is 2. The minimum Gasteiger partial charge on any atom is -0.504 e. The standard InChI is InChI=1S/C18H27NO3.C17H16O4.C4H8O2S/c1-14(2)8-6-4-5-7-9-18(21)19-13-15-10-11-16(20)17(12-15)22-3;18-15-8-6-14(12-16(15)19)7-9-17(20)21-11-10-13-4-2-1-3-5-13;1-3(2-7)4(5)6/h6,8,10-12,14,20H,4-5,7,9,13H2,1-3H3,(H,19,21);1-9,12,18-19H,10-11H2;3,7H,2H2,1H3,(H,5,6)/b8-6+;9-7+;. The number of phenolic OH excluding ortho intramolecular Hbond substituents is 3. The quantitative estimate of drug-likeness (QED) is 0.0223. The fourth-order valence-electron chi connectivity index (χ4n) is 3.89. The molecule has 50 heavy (non-hydrogen) atoms. The van der Waals surface area contributed by atoms with Crippen LogP contribution in [-0.2, 0) is 32.1 Å². The number of phenols is 3. The minimum atomic E-state index is -0.782. The fourth-order valence-corrected chi connectivity index (χ4v) is 4.04. The maximum atomic E-state index is 11.8. The highest BCUT2D eigenvalue weighted by molar-refractivity contribution is 7.80. The van der Waals surface area contributed by atoms with Crippen LogP contribution in [0, 0.1) is 11.8 Å². The van der Waals surface area contributed by atoms with E-state index in [1.54, 1.807) is 31.2 Å². The molecule has 10 nitrogen and oxygen atoms in total. The van der Waals surface area contributed by atoms with E-state index in [2.05, 4.69) is 43.9 Å². The Labute approximate surface area is 300 Å². The number of carbonyl (C=O) groups is 3. The number of methoxy groups -OCH3 is 1. The van der Waals surface area contributed by atoms with Crippen LogP contribution in [0.3, 0.4) is 0 Å². The van der Waals surface area contributed by atoms with Gasteiger partial charge in [0.25, 0.3) is 0 Å². The number of thiol groups is 1. The van der Waals surface area contributed by atoms with Crippen LogP contribution in [-0.4, -0.2) is 57.7 Å². The van der Waals surface area contributed by atoms with Gasteiger partial charge in [0.1, 0.15) is 0 Å². The topological polar surface area (TPSA) is 163 Å². The first-order valence-electron chi connectivity index (χ1n) is 16.4. The summed E-state index contributed by atoms with van der Waals surface area (Å²) in [7, 11) is 1.51. The van der Waals surface area contributed by atoms with Crippen LogP contribution in [0.4, 0.5) is 0 Å². The second-order valence-corrected chi connectivity index (χ2v) is 12.0. The molecule has 3 rings (SSSR count). The van der Waals surface area contributed by atoms with Crippen molar-refractivity contribution in [1.82, 2.24) is 5.32 Å². The van der Waals surface area contributed by atoms with Crippen molar-refractivity contribution >= 4 is 36.6 Å². The number of hydrogen-bond acceptors (Lipinski definition) is 9. The van der Waals surface area contributed by atoms with Crippen LogP contribution in [0.15, 0.2) is 85.0 Å². The summed E-state index contributed by atoms with van der Waals surface area (Å²) in [5.41, 5.74) is 2.62. The van der Waals surface area contributed by atoms with Gasteiger partial charge in [-0.1, -0.05) is 75.4 Å². The first kappa shape index (κ1) is 43.1. The molecule has 3 aromatic carbocycles. The molecule has 1 amide bonds. The number of benzene rings is 3. The van der Waals surface area contributed by atoms with E-state index in [0.717, 1.165) is 30.4 Å². The number of carbonyl (C=O) groups excluding carboxylic acids is 2. The molecule has 0 aromatic heterocycles. The van der Waals surface area contributed by atoms with Gasteiger partial charge in [0, 0.05) is 31.2 Å². The normalized spacial score (nSPS) is 11.2. The molecule has 0 aliphatic carbocycles. The smallest absolute Gasteiger partial charge is 0.330 e. The Hall–Kier alpha value is -4.90. The van der Waals surface area contributed by atoms with Gasteiger partial charge >= 0.3 is 11.9 Å². The molecule has 0 heterocycles. The van der Waals surface area contributed by atoms with Gasteiger partial charge in [0.15, 0.2) is 23.0 Å². The number of ether oxygens (including phenoxy) is 2. The summed E-state index contributed by atoms with van der Waals surface area (Å²) >= 11 is 3.77. The van der Waals surface area contributed by atoms with E-state index >= 15 is 0 Å². The fraction of sp³-hybridized carbons (Fsp3) is 0.359. The molecule has 0 aliphatic heterocycles. The van der Waals surface area contributed by atoms with Crippen LogP contribution in [0.1, 0.15) is 63.1 Å². The summed E-state index contributed by atoms with van der Waals surface area (Å²) in [6.45, 7) is 6.69. The molecule has 0 radical (unpaired) electrons. The number of carboxylic acid groups (broad SMARTS) is 1. The molecule has 0 fully saturated rings. The van der Waals surface area contributed by atoms with E-state index in [9.17, 15) is 29.7 Å². The van der Waals surface area contributed by atoms with Crippen LogP contribution in [0.2, 0.25) is 0 Å². The number of rotatable bonds is 16. The highest BCUT2D eigenvalue weighted by atomic mass is 32.1. The van der Waals surface area contributed by atoms with E-state index in [-0.39, 0.29) is 29.1 Å². The molecule has 0 spiro atoms. The third kappa shape index (κ3) is 19.8. The monoisotopic (exact) mass is 709 g/mol. The summed E-state index contributed by atoms with van der Waals surface area (Å²) < 4.78 is 10.1. The lowest BCUT2D eigenvalue weighted by Gasteiger charge is -2.08. The predicted molar refractivity (Wildman–Crippen MR) is 200 cm³/mol. The molecular formula is C39H51NO9S. The number of nitrogens with one attached hydrogen (secondary N) is 1. The Morgan fingerprint density at radius 2 is 1.58 bits per heavy atom. The summed E-state index contributed by atoms with van der Waals surface area (Å²) in [6, 6.07) is 19.1. The van der Waals surface area contributed by atoms with Gasteiger partial charge in [-0.15, -0.1) is 0 Å². The molecule has 5 N–H and O–H groups in total. The van der Waals surface area contributed by atoms with Crippen molar-refractivity contribution in [2.45, 2.75) is 59.4 Å². The Morgan fingerprint density at radius 3 is 2.18 bits per heavy atom. The van der Waals surface area contributed by atoms with E-state index in [1.807, 2.05) is 30.3 Å². The molecule has 11 heteroatoms. The van der Waals surface area contributed by atoms with E-state index in [4.69, 9.17) is 14.6 Å². The molecule has 1 atom stereocenters. The Morgan fingerprint density at radius 1 is 0.880 bits per heavy atom. The summed E-state index contributed by atoms with van der Waals surface area (Å²) in [4.78, 5) is 33.2. The number of allylic oxidation sites excluding steroid dienone is 2. The zero-order chi connectivity index (χ0) is 37.3. The lowest BCUT2D eigenvalue weighted by atomic mass is 10.1. The number of hydrogen-bond donors (Lipinski definition) is 6. The second kappa shape index (κ2) is 25.1. The predicted octanol–water partition coefficient (Wildman–Crippen LogP) is 7.32. The molecule has 3 aromatic rings. The average molecular weight is 710 g/mol. The Kier molecular flexibility index (Phi) is 21.7. The number of esters is 1. The lowest BCUT2D eigenvalue weighted by Crippen LogP contribution is -2.22. The zero-order valence-electron chi connectivity index (χ0n) is 29.2. The third-order valence-corrected chi connectivity index (χ3v) is 7.41. The van der Waals surface area contributed by atoms with Crippen molar-refractivity contribution < 1.29 is 44.3 Å². The van der Waals surface area contributed by atoms with Crippen molar-refractivity contribution in [3.63, 3.8) is 0 Å². The van der Waals surface area contributed by atoms with Gasteiger partial charge in [0.05, 0.1) is 19.6 Å². The zero-order valence-corrected chi connectivity index (χ0v) is 30.1. The molecule has 1 unspecified atom stereocenters. The largest absolute Gasteiger partial charge is 0.504 e. The van der Waals surface area contributed by atoms with Gasteiger partial charge in [-0.3, -0.25) is 9.59 Å². The summed E-state index contributed by atoms with van der Waals surface area (Å²) in [5.74, 6) is -0.389. The van der Waals surface area contributed by atoms with Crippen LogP contribution >= 0.6 is 12.6 Å². The van der Waals surface area contributed by atoms with Gasteiger partial charge in [-0.25, -0.2) is 4.79 Å². The maximum Gasteiger partial charge on any atom is 0.330 e. The summed E-state index contributed by atoms with van der Waals surface area (Å²) in [6.07, 6.45) is 11.4. The number of amides is 1. The number of carboxylic acids is 1. The van der Waals surface area contributed by atoms with Crippen LogP contribution in [0.25, 0.3) is 6.08 Å². The van der Waals surface area contributed by atoms with Gasteiger partial charge in [0.2, 0.25) is 5.91 Å². The third-order valence-electron chi connectivity index (χ3n) is 6.86. The van der Waals surface area contributed by atoms with E-state index in [1.165, 1.54) is 31.4 Å². The van der Waals surface area contributed by atoms with Gasteiger partial charge in [-0.05, 0) is 72.2 Å². The second-order valence-electron chi connectivity index (χ2n) is 11.6. The van der Waals surface area contributed by atoms with Crippen molar-refractivity contribution in [3.8, 4) is 23.0 Å². The molecular weight excluding hydrogens is 658 g/mol. The average Bonchev–Trinajstić information content (AvgIpc) is 3.10. The molecule has 0 saturated heterocycles. The van der Waals surface area contributed by atoms with Gasteiger partial charge < -0.3 is 35.2 Å². The van der Waals surface area contributed by atoms with Crippen molar-refractivity contribution in [2.24, 2.45) is 11.8 Å². The molecule has 272 valence electrons. The van der Waals surface area contributed by atoms with Crippen molar-refractivity contribution in [2.75, 3.05) is 19.5 Å². The van der Waals surface area contributed by atoms with Crippen molar-refractivity contribution in [1.29, 1.82) is 0 Å². The lowest BCUT2D eigenvalue weighted by molar-refractivity contribution is -0.140. The first-order chi connectivity index (χ1) is 23.9. The van der Waals surface area contributed by atoms with E-state index < -0.39 is 11.9 Å². The Bertz CT molecular complexity index is 1510. The molecule has 0 saturated carbocycles. The maximum absolute atomic E-state index is 11.8. The minimum absolute atomic E-state index is 0.0554. The highest BCUT2D eigenvalue weighted by Crippen LogP contribution is 2.26.